The zero-order chi connectivity index (χ0) is 12.7. The Kier molecular flexibility index (Phi) is 4.66. The molecule has 1 unspecified atom stereocenters. The topological polar surface area (TPSA) is 99.5 Å². The molecule has 0 aliphatic rings. The molecule has 3 N–H and O–H groups in total. The standard InChI is InChI=1S/C11H10N2O4/c14-7-3-5-9(11(16)17)13-10(15)8-4-1-2-6-12-8/h1-2,4,6,9,14H,7H2,(H,13,15)(H,16,17). The molecule has 0 spiro atoms. The summed E-state index contributed by atoms with van der Waals surface area (Å²) in [6.45, 7) is -0.469. The first-order valence-electron chi connectivity index (χ1n) is 4.69. The number of hydrogen-bond acceptors (Lipinski definition) is 4. The highest BCUT2D eigenvalue weighted by atomic mass is 16.4. The van der Waals surface area contributed by atoms with Crippen molar-refractivity contribution in [2.24, 2.45) is 0 Å². The van der Waals surface area contributed by atoms with Gasteiger partial charge in [-0.1, -0.05) is 17.9 Å². The molecule has 0 aliphatic heterocycles. The van der Waals surface area contributed by atoms with Crippen molar-refractivity contribution in [3.63, 3.8) is 0 Å². The van der Waals surface area contributed by atoms with Gasteiger partial charge >= 0.3 is 5.97 Å². The number of aromatic nitrogens is 1. The van der Waals surface area contributed by atoms with Crippen molar-refractivity contribution < 1.29 is 19.8 Å². The minimum absolute atomic E-state index is 0.101. The van der Waals surface area contributed by atoms with Crippen molar-refractivity contribution in [3.8, 4) is 11.8 Å². The Morgan fingerprint density at radius 2 is 2.24 bits per heavy atom. The van der Waals surface area contributed by atoms with Crippen LogP contribution in [0, 0.1) is 11.8 Å². The number of nitrogens with one attached hydrogen (secondary N) is 1. The van der Waals surface area contributed by atoms with E-state index in [9.17, 15) is 9.59 Å². The van der Waals surface area contributed by atoms with E-state index < -0.39 is 24.5 Å². The summed E-state index contributed by atoms with van der Waals surface area (Å²) in [6, 6.07) is 3.33. The van der Waals surface area contributed by atoms with Crippen LogP contribution in [0.5, 0.6) is 0 Å². The number of aliphatic hydroxyl groups is 1. The molecule has 0 aromatic carbocycles. The average molecular weight is 234 g/mol. The van der Waals surface area contributed by atoms with Crippen molar-refractivity contribution in [3.05, 3.63) is 30.1 Å². The van der Waals surface area contributed by atoms with Gasteiger partial charge in [-0.3, -0.25) is 9.78 Å². The van der Waals surface area contributed by atoms with E-state index >= 15 is 0 Å². The molecule has 1 heterocycles. The first-order chi connectivity index (χ1) is 8.15. The van der Waals surface area contributed by atoms with E-state index in [1.807, 2.05) is 0 Å². The molecule has 0 saturated heterocycles. The van der Waals surface area contributed by atoms with Crippen LogP contribution >= 0.6 is 0 Å². The van der Waals surface area contributed by atoms with Gasteiger partial charge in [0.15, 0.2) is 6.04 Å². The third-order valence-electron chi connectivity index (χ3n) is 1.75. The van der Waals surface area contributed by atoms with E-state index in [1.165, 1.54) is 12.3 Å². The largest absolute Gasteiger partial charge is 0.479 e. The number of carbonyl (C=O) groups excluding carboxylic acids is 1. The number of hydrogen-bond donors (Lipinski definition) is 3. The number of pyridine rings is 1. The van der Waals surface area contributed by atoms with Gasteiger partial charge in [-0.2, -0.15) is 0 Å². The van der Waals surface area contributed by atoms with Gasteiger partial charge < -0.3 is 15.5 Å². The summed E-state index contributed by atoms with van der Waals surface area (Å²) < 4.78 is 0. The van der Waals surface area contributed by atoms with Gasteiger partial charge in [-0.15, -0.1) is 0 Å². The number of nitrogens with zero attached hydrogens (tertiary/aromatic N) is 1. The van der Waals surface area contributed by atoms with Crippen LogP contribution in [0.15, 0.2) is 24.4 Å². The number of rotatable bonds is 3. The zero-order valence-corrected chi connectivity index (χ0v) is 8.75. The second-order valence-corrected chi connectivity index (χ2v) is 2.94. The monoisotopic (exact) mass is 234 g/mol. The first-order valence-corrected chi connectivity index (χ1v) is 4.69. The predicted molar refractivity (Wildman–Crippen MR) is 58.0 cm³/mol. The molecule has 1 atom stereocenters. The van der Waals surface area contributed by atoms with Crippen molar-refractivity contribution in [2.75, 3.05) is 6.61 Å². The van der Waals surface area contributed by atoms with Crippen molar-refractivity contribution in [1.29, 1.82) is 0 Å². The summed E-state index contributed by atoms with van der Waals surface area (Å²) in [4.78, 5) is 26.1. The lowest BCUT2D eigenvalue weighted by atomic mass is 10.2. The van der Waals surface area contributed by atoms with Crippen LogP contribution in [-0.4, -0.2) is 39.7 Å². The van der Waals surface area contributed by atoms with E-state index in [2.05, 4.69) is 22.1 Å². The van der Waals surface area contributed by atoms with Gasteiger partial charge in [-0.25, -0.2) is 4.79 Å². The Morgan fingerprint density at radius 3 is 2.76 bits per heavy atom. The maximum Gasteiger partial charge on any atom is 0.338 e. The highest BCUT2D eigenvalue weighted by Gasteiger charge is 2.18. The lowest BCUT2D eigenvalue weighted by Gasteiger charge is -2.07. The molecule has 1 aromatic rings. The molecule has 0 saturated carbocycles. The third-order valence-corrected chi connectivity index (χ3v) is 1.75. The highest BCUT2D eigenvalue weighted by molar-refractivity contribution is 5.95. The van der Waals surface area contributed by atoms with Crippen molar-refractivity contribution in [1.82, 2.24) is 10.3 Å². The minimum atomic E-state index is -1.36. The smallest absolute Gasteiger partial charge is 0.338 e. The molecule has 0 bridgehead atoms. The van der Waals surface area contributed by atoms with E-state index in [0.717, 1.165) is 0 Å². The molecule has 0 fully saturated rings. The Labute approximate surface area is 97.3 Å². The van der Waals surface area contributed by atoms with E-state index in [4.69, 9.17) is 10.2 Å². The van der Waals surface area contributed by atoms with E-state index in [-0.39, 0.29) is 5.69 Å². The van der Waals surface area contributed by atoms with Crippen LogP contribution in [-0.2, 0) is 4.79 Å². The predicted octanol–water partition coefficient (Wildman–Crippen LogP) is -0.740. The molecule has 0 aliphatic carbocycles. The highest BCUT2D eigenvalue weighted by Crippen LogP contribution is 1.94. The summed E-state index contributed by atoms with van der Waals surface area (Å²) in [5, 5.41) is 19.4. The minimum Gasteiger partial charge on any atom is -0.479 e. The maximum absolute atomic E-state index is 11.6. The second-order valence-electron chi connectivity index (χ2n) is 2.94. The van der Waals surface area contributed by atoms with Gasteiger partial charge in [0.2, 0.25) is 0 Å². The quantitative estimate of drug-likeness (QED) is 0.598. The average Bonchev–Trinajstić information content (AvgIpc) is 2.35. The number of carbonyl (C=O) groups is 2. The summed E-state index contributed by atoms with van der Waals surface area (Å²) in [5.74, 6) is 2.46. The Hall–Kier alpha value is -2.39. The van der Waals surface area contributed by atoms with Crippen molar-refractivity contribution >= 4 is 11.9 Å². The number of amides is 1. The lowest BCUT2D eigenvalue weighted by molar-refractivity contribution is -0.137. The Balaban J connectivity index is 2.75. The maximum atomic E-state index is 11.6. The van der Waals surface area contributed by atoms with Gasteiger partial charge in [0, 0.05) is 6.20 Å². The zero-order valence-electron chi connectivity index (χ0n) is 8.75. The van der Waals surface area contributed by atoms with Gasteiger partial charge in [-0.05, 0) is 12.1 Å². The van der Waals surface area contributed by atoms with Crippen molar-refractivity contribution in [2.45, 2.75) is 6.04 Å². The van der Waals surface area contributed by atoms with Crippen LogP contribution in [0.4, 0.5) is 0 Å². The first kappa shape index (κ1) is 12.7. The molecule has 6 heteroatoms. The Bertz CT molecular complexity index is 461. The summed E-state index contributed by atoms with van der Waals surface area (Å²) in [6.07, 6.45) is 1.42. The number of carboxylic acids is 1. The molecule has 88 valence electrons. The van der Waals surface area contributed by atoms with E-state index in [0.29, 0.717) is 0 Å². The van der Waals surface area contributed by atoms with Gasteiger partial charge in [0.1, 0.15) is 12.3 Å². The summed E-state index contributed by atoms with van der Waals surface area (Å²) >= 11 is 0. The Morgan fingerprint density at radius 1 is 1.47 bits per heavy atom. The number of carboxylic acid groups (broad SMARTS) is 1. The SMILES string of the molecule is O=C(NC(C#CCO)C(=O)O)c1ccccn1. The van der Waals surface area contributed by atoms with Crippen LogP contribution in [0.25, 0.3) is 0 Å². The molecule has 1 aromatic heterocycles. The molecule has 1 amide bonds. The van der Waals surface area contributed by atoms with Crippen LogP contribution in [0.1, 0.15) is 10.5 Å². The number of aliphatic carboxylic acids is 1. The molecule has 17 heavy (non-hydrogen) atoms. The normalized spacial score (nSPS) is 10.9. The molecular weight excluding hydrogens is 224 g/mol. The lowest BCUT2D eigenvalue weighted by Crippen LogP contribution is -2.40. The molecular formula is C11H10N2O4. The van der Waals surface area contributed by atoms with E-state index in [1.54, 1.807) is 12.1 Å². The fourth-order valence-corrected chi connectivity index (χ4v) is 1.01. The number of aliphatic hydroxyl groups excluding tert-OH is 1. The van der Waals surface area contributed by atoms with Crippen LogP contribution < -0.4 is 5.32 Å². The summed E-state index contributed by atoms with van der Waals surface area (Å²) in [5.41, 5.74) is 0.101. The van der Waals surface area contributed by atoms with Crippen LogP contribution in [0.3, 0.4) is 0 Å². The summed E-state index contributed by atoms with van der Waals surface area (Å²) in [7, 11) is 0. The second kappa shape index (κ2) is 6.25. The third kappa shape index (κ3) is 3.93. The van der Waals surface area contributed by atoms with Crippen LogP contribution in [0.2, 0.25) is 0 Å². The molecule has 1 rings (SSSR count). The molecule has 6 nitrogen and oxygen atoms in total. The fraction of sp³-hybridized carbons (Fsp3) is 0.182. The fourth-order valence-electron chi connectivity index (χ4n) is 1.01. The van der Waals surface area contributed by atoms with Gasteiger partial charge in [0.05, 0.1) is 0 Å². The van der Waals surface area contributed by atoms with Gasteiger partial charge in [0.25, 0.3) is 5.91 Å². The molecule has 0 radical (unpaired) electrons.